The third kappa shape index (κ3) is 6.86. The van der Waals surface area contributed by atoms with Crippen molar-refractivity contribution in [3.8, 4) is 0 Å². The first-order valence-electron chi connectivity index (χ1n) is 16.5. The van der Waals surface area contributed by atoms with Crippen LogP contribution in [0, 0.1) is 5.92 Å². The molecule has 3 saturated heterocycles. The van der Waals surface area contributed by atoms with Gasteiger partial charge in [-0.25, -0.2) is 0 Å². The largest absolute Gasteiger partial charge is 0.413 e. The van der Waals surface area contributed by atoms with Crippen LogP contribution in [0.15, 0.2) is 72.8 Å². The Kier molecular flexibility index (Phi) is 9.97. The first kappa shape index (κ1) is 35.2. The summed E-state index contributed by atoms with van der Waals surface area (Å²) in [5.74, 6) is -1.75. The van der Waals surface area contributed by atoms with Gasteiger partial charge in [0.05, 0.1) is 18.8 Å². The Morgan fingerprint density at radius 3 is 2.11 bits per heavy atom. The Morgan fingerprint density at radius 1 is 0.978 bits per heavy atom. The van der Waals surface area contributed by atoms with Gasteiger partial charge in [-0.15, -0.1) is 0 Å². The number of piperidine rings is 1. The number of nitrogens with one attached hydrogen (secondary N) is 1. The molecule has 0 aromatic heterocycles. The summed E-state index contributed by atoms with van der Waals surface area (Å²) in [6.07, 6.45) is -1.70. The molecular weight excluding hydrogens is 615 g/mol. The van der Waals surface area contributed by atoms with Gasteiger partial charge < -0.3 is 33.5 Å². The van der Waals surface area contributed by atoms with Crippen molar-refractivity contribution < 1.29 is 33.0 Å². The number of aliphatic hydroxyl groups excluding tert-OH is 1. The maximum absolute atomic E-state index is 13.3. The van der Waals surface area contributed by atoms with E-state index in [1.165, 1.54) is 0 Å². The van der Waals surface area contributed by atoms with E-state index < -0.39 is 47.0 Å². The fourth-order valence-corrected chi connectivity index (χ4v) is 12.5. The average molecular weight is 668 g/mol. The van der Waals surface area contributed by atoms with Gasteiger partial charge in [0.1, 0.15) is 19.0 Å². The van der Waals surface area contributed by atoms with Gasteiger partial charge in [0.25, 0.3) is 8.32 Å². The molecule has 8 nitrogen and oxygen atoms in total. The van der Waals surface area contributed by atoms with Crippen LogP contribution in [-0.4, -0.2) is 71.4 Å². The van der Waals surface area contributed by atoms with Crippen LogP contribution >= 0.6 is 0 Å². The lowest BCUT2D eigenvalue weighted by Crippen LogP contribution is -2.77. The third-order valence-electron chi connectivity index (χ3n) is 10.3. The van der Waals surface area contributed by atoms with Crippen molar-refractivity contribution in [1.82, 2.24) is 5.32 Å². The van der Waals surface area contributed by atoms with Gasteiger partial charge in [-0.1, -0.05) is 114 Å². The van der Waals surface area contributed by atoms with Gasteiger partial charge in [0.15, 0.2) is 8.32 Å². The first-order valence-corrected chi connectivity index (χ1v) is 21.3. The molecule has 252 valence electrons. The van der Waals surface area contributed by atoms with Crippen LogP contribution in [0.3, 0.4) is 0 Å². The Hall–Kier alpha value is -2.16. The van der Waals surface area contributed by atoms with Crippen LogP contribution in [0.2, 0.25) is 23.2 Å². The molecule has 0 saturated carbocycles. The summed E-state index contributed by atoms with van der Waals surface area (Å²) in [5.41, 5.74) is 0.798. The van der Waals surface area contributed by atoms with Crippen LogP contribution < -0.4 is 15.7 Å². The number of benzene rings is 2. The van der Waals surface area contributed by atoms with E-state index in [4.69, 9.17) is 23.1 Å². The normalized spacial score (nSPS) is 27.8. The zero-order chi connectivity index (χ0) is 33.5. The first-order chi connectivity index (χ1) is 21.5. The predicted octanol–water partition coefficient (Wildman–Crippen LogP) is 5.21. The van der Waals surface area contributed by atoms with Crippen molar-refractivity contribution >= 4 is 32.9 Å². The highest BCUT2D eigenvalue weighted by atomic mass is 28.4. The van der Waals surface area contributed by atoms with E-state index in [1.54, 1.807) is 0 Å². The molecule has 3 heterocycles. The highest BCUT2D eigenvalue weighted by Crippen LogP contribution is 2.47. The minimum Gasteiger partial charge on any atom is -0.413 e. The standard InChI is InChI=1S/C36H53NO7Si2/c1-25(23-42-45(8,9)34(2,3)4)20-29(38)32-33-31(40-24-41-32)26-21-30(39)37-36(22-26,43-33)44-46(35(5,6)7,27-16-12-10-13-17-27)28-18-14-11-15-19-28/h10-19,26,29,31-33,38H,1,20-24H2,2-9H3,(H,37,39)/t26-,29-,31-,32+,33+,36-/m0/s1. The summed E-state index contributed by atoms with van der Waals surface area (Å²) in [6.45, 7) is 22.2. The van der Waals surface area contributed by atoms with Crippen LogP contribution in [0.1, 0.15) is 60.8 Å². The molecule has 6 atom stereocenters. The molecule has 2 bridgehead atoms. The maximum atomic E-state index is 13.3. The molecule has 3 aliphatic rings. The second kappa shape index (κ2) is 13.0. The fraction of sp³-hybridized carbons (Fsp3) is 0.583. The Labute approximate surface area is 277 Å². The monoisotopic (exact) mass is 667 g/mol. The quantitative estimate of drug-likeness (QED) is 0.265. The number of rotatable bonds is 10. The zero-order valence-corrected chi connectivity index (χ0v) is 30.8. The summed E-state index contributed by atoms with van der Waals surface area (Å²) < 4.78 is 33.0. The minimum absolute atomic E-state index is 0.0138. The zero-order valence-electron chi connectivity index (χ0n) is 28.8. The van der Waals surface area contributed by atoms with Gasteiger partial charge in [-0.3, -0.25) is 4.79 Å². The molecule has 5 rings (SSSR count). The number of carbonyl (C=O) groups excluding carboxylic acids is 1. The lowest BCUT2D eigenvalue weighted by molar-refractivity contribution is -0.366. The van der Waals surface area contributed by atoms with E-state index in [0.717, 1.165) is 15.9 Å². The van der Waals surface area contributed by atoms with Crippen molar-refractivity contribution in [2.24, 2.45) is 5.92 Å². The van der Waals surface area contributed by atoms with E-state index >= 15 is 0 Å². The highest BCUT2D eigenvalue weighted by Gasteiger charge is 2.62. The molecule has 2 aromatic rings. The Balaban J connectivity index is 1.46. The molecule has 0 spiro atoms. The maximum Gasteiger partial charge on any atom is 0.267 e. The van der Waals surface area contributed by atoms with Crippen molar-refractivity contribution in [3.63, 3.8) is 0 Å². The minimum atomic E-state index is -3.14. The third-order valence-corrected chi connectivity index (χ3v) is 19.8. The molecule has 2 N–H and O–H groups in total. The van der Waals surface area contributed by atoms with E-state index in [1.807, 2.05) is 36.4 Å². The van der Waals surface area contributed by atoms with Crippen LogP contribution in [-0.2, 0) is 27.9 Å². The van der Waals surface area contributed by atoms with Crippen LogP contribution in [0.5, 0.6) is 0 Å². The number of fused-ring (bicyclic) bond motifs is 4. The van der Waals surface area contributed by atoms with Gasteiger partial charge in [-0.05, 0) is 40.0 Å². The molecule has 0 unspecified atom stereocenters. The number of hydrogen-bond acceptors (Lipinski definition) is 7. The molecular formula is C36H53NO7Si2. The molecule has 0 aliphatic carbocycles. The fourth-order valence-electron chi connectivity index (χ4n) is 6.90. The SMILES string of the molecule is C=C(CO[Si](C)(C)C(C)(C)C)C[C@H](O)[C@H]1OCO[C@H]2[C@H]3CC(=O)N[C@@](O[Si](c4ccccc4)(c4ccccc4)C(C)(C)C)(C3)O[C@H]21. The van der Waals surface area contributed by atoms with E-state index in [2.05, 4.69) is 90.8 Å². The van der Waals surface area contributed by atoms with Crippen molar-refractivity contribution in [2.75, 3.05) is 13.4 Å². The Morgan fingerprint density at radius 2 is 1.57 bits per heavy atom. The number of amides is 1. The predicted molar refractivity (Wildman–Crippen MR) is 185 cm³/mol. The molecule has 3 fully saturated rings. The Bertz CT molecular complexity index is 1330. The van der Waals surface area contributed by atoms with E-state index in [0.29, 0.717) is 19.4 Å². The molecule has 10 heteroatoms. The molecule has 1 amide bonds. The topological polar surface area (TPSA) is 95.5 Å². The van der Waals surface area contributed by atoms with Crippen molar-refractivity contribution in [3.05, 3.63) is 72.8 Å². The molecule has 3 aliphatic heterocycles. The average Bonchev–Trinajstić information content (AvgIpc) is 2.98. The van der Waals surface area contributed by atoms with Crippen LogP contribution in [0.4, 0.5) is 0 Å². The van der Waals surface area contributed by atoms with Crippen molar-refractivity contribution in [2.45, 2.75) is 114 Å². The summed E-state index contributed by atoms with van der Waals surface area (Å²) >= 11 is 0. The summed E-state index contributed by atoms with van der Waals surface area (Å²) in [7, 11) is -5.13. The second-order valence-corrected chi connectivity index (χ2v) is 24.8. The molecule has 0 radical (unpaired) electrons. The number of aliphatic hydroxyl groups is 1. The smallest absolute Gasteiger partial charge is 0.267 e. The van der Waals surface area contributed by atoms with Gasteiger partial charge in [-0.2, -0.15) is 0 Å². The number of hydrogen-bond donors (Lipinski definition) is 2. The van der Waals surface area contributed by atoms with E-state index in [9.17, 15) is 9.90 Å². The summed E-state index contributed by atoms with van der Waals surface area (Å²) in [4.78, 5) is 13.3. The summed E-state index contributed by atoms with van der Waals surface area (Å²) in [5, 5.41) is 16.6. The number of ether oxygens (including phenoxy) is 3. The lowest BCUT2D eigenvalue weighted by Gasteiger charge is -2.57. The van der Waals surface area contributed by atoms with Crippen molar-refractivity contribution in [1.29, 1.82) is 0 Å². The second-order valence-electron chi connectivity index (χ2n) is 15.8. The van der Waals surface area contributed by atoms with Crippen LogP contribution in [0.25, 0.3) is 0 Å². The molecule has 46 heavy (non-hydrogen) atoms. The van der Waals surface area contributed by atoms with E-state index in [-0.39, 0.29) is 35.1 Å². The highest BCUT2D eigenvalue weighted by molar-refractivity contribution is 6.99. The summed E-state index contributed by atoms with van der Waals surface area (Å²) in [6, 6.07) is 20.6. The van der Waals surface area contributed by atoms with Gasteiger partial charge in [0, 0.05) is 18.8 Å². The lowest BCUT2D eigenvalue weighted by atomic mass is 9.80. The number of carbonyl (C=O) groups is 1. The van der Waals surface area contributed by atoms with Gasteiger partial charge in [0.2, 0.25) is 11.8 Å². The molecule has 2 aromatic carbocycles. The van der Waals surface area contributed by atoms with Gasteiger partial charge >= 0.3 is 0 Å².